The van der Waals surface area contributed by atoms with E-state index in [1.54, 1.807) is 20.8 Å². The fourth-order valence-electron chi connectivity index (χ4n) is 2.31. The number of carbonyl (C=O) groups is 2. The van der Waals surface area contributed by atoms with Crippen LogP contribution in [0.4, 0.5) is 0 Å². The van der Waals surface area contributed by atoms with E-state index < -0.39 is 34.2 Å². The lowest BCUT2D eigenvalue weighted by Gasteiger charge is -2.48. The molecule has 0 aromatic carbocycles. The maximum Gasteiger partial charge on any atom is 0.355 e. The number of fused-ring (bicyclic) bond motifs is 1. The zero-order valence-electron chi connectivity index (χ0n) is 12.3. The molecule has 2 aliphatic heterocycles. The van der Waals surface area contributed by atoms with E-state index >= 15 is 0 Å². The van der Waals surface area contributed by atoms with Crippen molar-refractivity contribution in [1.82, 2.24) is 4.90 Å². The summed E-state index contributed by atoms with van der Waals surface area (Å²) in [7, 11) is 1.38. The topological polar surface area (TPSA) is 78.9 Å². The van der Waals surface area contributed by atoms with Crippen LogP contribution in [0.2, 0.25) is 0 Å². The minimum absolute atomic E-state index is 0.0223. The van der Waals surface area contributed by atoms with E-state index in [1.165, 1.54) is 12.0 Å². The van der Waals surface area contributed by atoms with Gasteiger partial charge in [0.05, 0.1) is 5.88 Å². The van der Waals surface area contributed by atoms with Gasteiger partial charge < -0.3 is 14.0 Å². The summed E-state index contributed by atoms with van der Waals surface area (Å²) in [5, 5.41) is -0.642. The van der Waals surface area contributed by atoms with Crippen molar-refractivity contribution in [3.63, 3.8) is 0 Å². The Morgan fingerprint density at radius 2 is 2.14 bits per heavy atom. The number of rotatable bonds is 3. The molecule has 0 bridgehead atoms. The molecule has 0 N–H and O–H groups in total. The van der Waals surface area contributed by atoms with Crippen LogP contribution in [0.25, 0.3) is 0 Å². The van der Waals surface area contributed by atoms with Gasteiger partial charge in [-0.05, 0) is 31.9 Å². The number of β-lactam (4-membered cyclic amide) rings is 1. The molecule has 118 valence electrons. The number of hydrogen-bond acceptors (Lipinski definition) is 5. The second-order valence-electron chi connectivity index (χ2n) is 5.87. The fourth-order valence-corrected chi connectivity index (χ4v) is 4.35. The van der Waals surface area contributed by atoms with Crippen molar-refractivity contribution in [2.45, 2.75) is 37.9 Å². The third-order valence-electron chi connectivity index (χ3n) is 3.16. The van der Waals surface area contributed by atoms with Crippen molar-refractivity contribution in [1.29, 1.82) is 0 Å². The van der Waals surface area contributed by atoms with E-state index in [4.69, 9.17) is 21.1 Å². The first kappa shape index (κ1) is 16.6. The van der Waals surface area contributed by atoms with E-state index in [-0.39, 0.29) is 23.2 Å². The molecule has 1 saturated heterocycles. The molecule has 0 aliphatic carbocycles. The number of halogens is 1. The molecular formula is C13H18ClNO5S. The molecule has 0 radical (unpaired) electrons. The highest BCUT2D eigenvalue weighted by Gasteiger charge is 2.61. The quantitative estimate of drug-likeness (QED) is 0.329. The van der Waals surface area contributed by atoms with Gasteiger partial charge in [-0.3, -0.25) is 9.69 Å². The summed E-state index contributed by atoms with van der Waals surface area (Å²) in [6, 6.07) is 0. The molecule has 0 aromatic rings. The van der Waals surface area contributed by atoms with Gasteiger partial charge in [0, 0.05) is 12.7 Å². The fraction of sp³-hybridized carbons (Fsp3) is 0.692. The molecule has 3 atom stereocenters. The van der Waals surface area contributed by atoms with Gasteiger partial charge in [0.25, 0.3) is 5.91 Å². The Bertz CT molecular complexity index is 501. The van der Waals surface area contributed by atoms with Crippen molar-refractivity contribution in [2.75, 3.05) is 18.7 Å². The molecule has 6 nitrogen and oxygen atoms in total. The van der Waals surface area contributed by atoms with Gasteiger partial charge in [-0.15, -0.1) is 11.6 Å². The predicted octanol–water partition coefficient (Wildman–Crippen LogP) is 0.767. The Kier molecular flexibility index (Phi) is 4.58. The van der Waals surface area contributed by atoms with Crippen LogP contribution in [-0.2, 0) is 30.2 Å². The lowest BCUT2D eigenvalue weighted by atomic mass is 10.1. The summed E-state index contributed by atoms with van der Waals surface area (Å²) >= 11 is 4.50. The molecular weight excluding hydrogens is 318 g/mol. The summed E-state index contributed by atoms with van der Waals surface area (Å²) in [6.07, 6.45) is -0.778. The van der Waals surface area contributed by atoms with Gasteiger partial charge in [0.2, 0.25) is 11.5 Å². The van der Waals surface area contributed by atoms with Crippen molar-refractivity contribution in [2.24, 2.45) is 0 Å². The molecule has 2 heterocycles. The van der Waals surface area contributed by atoms with Crippen LogP contribution in [0.5, 0.6) is 0 Å². The highest BCUT2D eigenvalue weighted by Crippen LogP contribution is 2.38. The summed E-state index contributed by atoms with van der Waals surface area (Å²) in [5.41, 5.74) is -0.117. The normalized spacial score (nSPS) is 29.1. The standard InChI is InChI=1S/C13H18ClNO5S/c1-13(2,3)20-12(17)8-7(5-14)6-21(18)11-9(19-4)10(16)15(8)11/h9,11H,5-6H2,1-4H3/t9-,11?,21?/m0/s1. The number of nitrogens with zero attached hydrogens (tertiary/aromatic N) is 1. The molecule has 1 fully saturated rings. The van der Waals surface area contributed by atoms with Gasteiger partial charge in [0.1, 0.15) is 17.1 Å². The van der Waals surface area contributed by atoms with Crippen molar-refractivity contribution < 1.29 is 23.6 Å². The van der Waals surface area contributed by atoms with Crippen molar-refractivity contribution in [3.8, 4) is 0 Å². The second-order valence-corrected chi connectivity index (χ2v) is 7.67. The van der Waals surface area contributed by atoms with E-state index in [0.29, 0.717) is 5.57 Å². The Morgan fingerprint density at radius 3 is 2.62 bits per heavy atom. The predicted molar refractivity (Wildman–Crippen MR) is 78.0 cm³/mol. The van der Waals surface area contributed by atoms with Gasteiger partial charge in [-0.1, -0.05) is 0 Å². The molecule has 0 saturated carbocycles. The van der Waals surface area contributed by atoms with E-state index in [2.05, 4.69) is 0 Å². The number of alkyl halides is 1. The summed E-state index contributed by atoms with van der Waals surface area (Å²) in [4.78, 5) is 25.7. The zero-order chi connectivity index (χ0) is 15.9. The maximum absolute atomic E-state index is 12.3. The van der Waals surface area contributed by atoms with E-state index in [0.717, 1.165) is 0 Å². The van der Waals surface area contributed by atoms with Gasteiger partial charge >= 0.3 is 5.97 Å². The molecule has 2 rings (SSSR count). The lowest BCUT2D eigenvalue weighted by Crippen LogP contribution is -2.70. The molecule has 2 unspecified atom stereocenters. The van der Waals surface area contributed by atoms with Crippen LogP contribution in [0, 0.1) is 0 Å². The summed E-state index contributed by atoms with van der Waals surface area (Å²) in [6.45, 7) is 5.21. The Balaban J connectivity index is 2.36. The molecule has 0 aromatic heterocycles. The SMILES string of the molecule is CO[C@H]1C(=O)N2C(C(=O)OC(C)(C)C)=C(CCl)C[S+]([O-])C12. The highest BCUT2D eigenvalue weighted by molar-refractivity contribution is 7.92. The van der Waals surface area contributed by atoms with Crippen LogP contribution in [-0.4, -0.2) is 57.2 Å². The van der Waals surface area contributed by atoms with E-state index in [9.17, 15) is 14.1 Å². The van der Waals surface area contributed by atoms with E-state index in [1.807, 2.05) is 0 Å². The molecule has 8 heteroatoms. The first-order valence-electron chi connectivity index (χ1n) is 6.45. The average Bonchev–Trinajstić information content (AvgIpc) is 2.36. The van der Waals surface area contributed by atoms with Crippen LogP contribution >= 0.6 is 11.6 Å². The molecule has 0 spiro atoms. The lowest BCUT2D eigenvalue weighted by molar-refractivity contribution is -0.167. The Morgan fingerprint density at radius 1 is 1.52 bits per heavy atom. The third-order valence-corrected chi connectivity index (χ3v) is 5.12. The Hall–Kier alpha value is -0.760. The number of methoxy groups -OCH3 is 1. The minimum Gasteiger partial charge on any atom is -0.614 e. The second kappa shape index (κ2) is 5.79. The van der Waals surface area contributed by atoms with Gasteiger partial charge in [-0.2, -0.15) is 0 Å². The van der Waals surface area contributed by atoms with Crippen molar-refractivity contribution in [3.05, 3.63) is 11.3 Å². The minimum atomic E-state index is -1.34. The first-order chi connectivity index (χ1) is 9.71. The number of esters is 1. The van der Waals surface area contributed by atoms with Crippen LogP contribution in [0.15, 0.2) is 11.3 Å². The highest BCUT2D eigenvalue weighted by atomic mass is 35.5. The summed E-state index contributed by atoms with van der Waals surface area (Å²) in [5.74, 6) is -0.845. The first-order valence-corrected chi connectivity index (χ1v) is 8.37. The largest absolute Gasteiger partial charge is 0.614 e. The van der Waals surface area contributed by atoms with Gasteiger partial charge in [-0.25, -0.2) is 4.79 Å². The molecule has 2 aliphatic rings. The van der Waals surface area contributed by atoms with Crippen LogP contribution in [0.1, 0.15) is 20.8 Å². The summed E-state index contributed by atoms with van der Waals surface area (Å²) < 4.78 is 22.6. The van der Waals surface area contributed by atoms with Crippen LogP contribution in [0.3, 0.4) is 0 Å². The number of ether oxygens (including phenoxy) is 2. The van der Waals surface area contributed by atoms with Crippen molar-refractivity contribution >= 4 is 34.7 Å². The average molecular weight is 336 g/mol. The van der Waals surface area contributed by atoms with Gasteiger partial charge in [0.15, 0.2) is 0 Å². The molecule has 21 heavy (non-hydrogen) atoms. The number of carbonyl (C=O) groups excluding carboxylic acids is 2. The smallest absolute Gasteiger partial charge is 0.355 e. The maximum atomic E-state index is 12.3. The monoisotopic (exact) mass is 335 g/mol. The third kappa shape index (κ3) is 2.92. The number of amides is 1. The zero-order valence-corrected chi connectivity index (χ0v) is 13.9. The van der Waals surface area contributed by atoms with Crippen LogP contribution < -0.4 is 0 Å². The molecule has 1 amide bonds. The Labute approximate surface area is 131 Å². The number of hydrogen-bond donors (Lipinski definition) is 0.